The Bertz CT molecular complexity index is 744. The summed E-state index contributed by atoms with van der Waals surface area (Å²) in [6.45, 7) is 1.91. The summed E-state index contributed by atoms with van der Waals surface area (Å²) in [4.78, 5) is 12.3. The largest absolute Gasteiger partial charge is 0.345 e. The highest BCUT2D eigenvalue weighted by Crippen LogP contribution is 2.25. The van der Waals surface area contributed by atoms with Crippen LogP contribution in [0.4, 0.5) is 4.39 Å². The molecule has 1 aliphatic carbocycles. The van der Waals surface area contributed by atoms with Crippen LogP contribution < -0.4 is 5.32 Å². The number of fused-ring (bicyclic) bond motifs is 1. The first-order valence-corrected chi connectivity index (χ1v) is 8.30. The number of benzene rings is 2. The fraction of sp³-hybridized carbons (Fsp3) is 0.316. The predicted molar refractivity (Wildman–Crippen MR) is 90.4 cm³/mol. The lowest BCUT2D eigenvalue weighted by atomic mass is 9.89. The third-order valence-corrected chi connectivity index (χ3v) is 4.63. The Hall–Kier alpha value is -1.87. The first kappa shape index (κ1) is 16.0. The zero-order valence-electron chi connectivity index (χ0n) is 13.0. The van der Waals surface area contributed by atoms with E-state index < -0.39 is 11.7 Å². The molecule has 1 aliphatic rings. The first-order valence-electron chi connectivity index (χ1n) is 7.92. The summed E-state index contributed by atoms with van der Waals surface area (Å²) in [5, 5.41) is 3.14. The monoisotopic (exact) mass is 331 g/mol. The summed E-state index contributed by atoms with van der Waals surface area (Å²) >= 11 is 5.72. The van der Waals surface area contributed by atoms with Gasteiger partial charge in [-0.05, 0) is 67.5 Å². The molecule has 0 aliphatic heterocycles. The molecule has 3 rings (SSSR count). The van der Waals surface area contributed by atoms with Crippen molar-refractivity contribution in [2.75, 3.05) is 0 Å². The minimum Gasteiger partial charge on any atom is -0.345 e. The molecule has 0 radical (unpaired) electrons. The van der Waals surface area contributed by atoms with E-state index >= 15 is 0 Å². The third-order valence-electron chi connectivity index (χ3n) is 4.40. The fourth-order valence-electron chi connectivity index (χ4n) is 3.05. The maximum Gasteiger partial charge on any atom is 0.254 e. The SMILES string of the molecule is C[C@H](NC(=O)c1ccc(Cl)cc1F)c1ccc2c(c1)CCCC2. The number of amides is 1. The Labute approximate surface area is 140 Å². The van der Waals surface area contributed by atoms with Crippen LogP contribution >= 0.6 is 11.6 Å². The van der Waals surface area contributed by atoms with Crippen LogP contribution in [-0.4, -0.2) is 5.91 Å². The summed E-state index contributed by atoms with van der Waals surface area (Å²) in [6.07, 6.45) is 4.68. The van der Waals surface area contributed by atoms with Gasteiger partial charge in [-0.25, -0.2) is 4.39 Å². The maximum absolute atomic E-state index is 13.8. The molecule has 1 N–H and O–H groups in total. The lowest BCUT2D eigenvalue weighted by Gasteiger charge is -2.20. The second kappa shape index (κ2) is 6.71. The lowest BCUT2D eigenvalue weighted by Crippen LogP contribution is -2.27. The van der Waals surface area contributed by atoms with E-state index in [1.807, 2.05) is 13.0 Å². The summed E-state index contributed by atoms with van der Waals surface area (Å²) in [7, 11) is 0. The number of rotatable bonds is 3. The summed E-state index contributed by atoms with van der Waals surface area (Å²) in [6, 6.07) is 10.3. The van der Waals surface area contributed by atoms with Crippen molar-refractivity contribution >= 4 is 17.5 Å². The van der Waals surface area contributed by atoms with Gasteiger partial charge in [0.1, 0.15) is 5.82 Å². The normalized spacial score (nSPS) is 14.9. The van der Waals surface area contributed by atoms with Crippen LogP contribution in [0.15, 0.2) is 36.4 Å². The molecule has 0 saturated heterocycles. The molecule has 0 heterocycles. The molecule has 4 heteroatoms. The van der Waals surface area contributed by atoms with E-state index in [4.69, 9.17) is 11.6 Å². The van der Waals surface area contributed by atoms with Gasteiger partial charge < -0.3 is 5.32 Å². The molecule has 2 aromatic carbocycles. The molecule has 2 aromatic rings. The summed E-state index contributed by atoms with van der Waals surface area (Å²) in [5.41, 5.74) is 3.84. The Morgan fingerprint density at radius 3 is 2.61 bits per heavy atom. The van der Waals surface area contributed by atoms with Gasteiger partial charge in [-0.1, -0.05) is 29.8 Å². The first-order chi connectivity index (χ1) is 11.0. The quantitative estimate of drug-likeness (QED) is 0.856. The van der Waals surface area contributed by atoms with Crippen molar-refractivity contribution in [2.24, 2.45) is 0 Å². The van der Waals surface area contributed by atoms with Gasteiger partial charge in [0.15, 0.2) is 0 Å². The standard InChI is InChI=1S/C19H19ClFNO/c1-12(14-7-6-13-4-2-3-5-15(13)10-14)22-19(23)17-9-8-16(20)11-18(17)21/h6-12H,2-5H2,1H3,(H,22,23)/t12-/m0/s1. The van der Waals surface area contributed by atoms with Gasteiger partial charge in [0, 0.05) is 5.02 Å². The highest BCUT2D eigenvalue weighted by Gasteiger charge is 2.17. The highest BCUT2D eigenvalue weighted by atomic mass is 35.5. The molecule has 0 unspecified atom stereocenters. The van der Waals surface area contributed by atoms with E-state index in [-0.39, 0.29) is 16.6 Å². The van der Waals surface area contributed by atoms with Gasteiger partial charge in [0.25, 0.3) is 5.91 Å². The number of nitrogens with one attached hydrogen (secondary N) is 1. The molecule has 0 aromatic heterocycles. The van der Waals surface area contributed by atoms with Crippen molar-refractivity contribution in [3.05, 3.63) is 69.5 Å². The van der Waals surface area contributed by atoms with Crippen LogP contribution in [0.1, 0.15) is 52.9 Å². The lowest BCUT2D eigenvalue weighted by molar-refractivity contribution is 0.0936. The van der Waals surface area contributed by atoms with E-state index in [0.29, 0.717) is 0 Å². The minimum atomic E-state index is -0.604. The van der Waals surface area contributed by atoms with Gasteiger partial charge in [0.05, 0.1) is 11.6 Å². The topological polar surface area (TPSA) is 29.1 Å². The predicted octanol–water partition coefficient (Wildman–Crippen LogP) is 4.85. The van der Waals surface area contributed by atoms with E-state index in [2.05, 4.69) is 17.4 Å². The van der Waals surface area contributed by atoms with Gasteiger partial charge in [-0.2, -0.15) is 0 Å². The van der Waals surface area contributed by atoms with Crippen LogP contribution in [0, 0.1) is 5.82 Å². The van der Waals surface area contributed by atoms with Crippen LogP contribution in [0.25, 0.3) is 0 Å². The Morgan fingerprint density at radius 1 is 1.13 bits per heavy atom. The Balaban J connectivity index is 1.76. The molecule has 0 fully saturated rings. The van der Waals surface area contributed by atoms with Crippen LogP contribution in [0.5, 0.6) is 0 Å². The van der Waals surface area contributed by atoms with Gasteiger partial charge in [-0.15, -0.1) is 0 Å². The van der Waals surface area contributed by atoms with Crippen molar-refractivity contribution in [2.45, 2.75) is 38.6 Å². The average molecular weight is 332 g/mol. The Kier molecular flexibility index (Phi) is 4.67. The zero-order valence-corrected chi connectivity index (χ0v) is 13.8. The van der Waals surface area contributed by atoms with Gasteiger partial charge in [-0.3, -0.25) is 4.79 Å². The van der Waals surface area contributed by atoms with Crippen LogP contribution in [0.3, 0.4) is 0 Å². The minimum absolute atomic E-state index is 0.0132. The molecule has 1 atom stereocenters. The van der Waals surface area contributed by atoms with Gasteiger partial charge >= 0.3 is 0 Å². The van der Waals surface area contributed by atoms with E-state index in [0.717, 1.165) is 24.5 Å². The molecule has 2 nitrogen and oxygen atoms in total. The van der Waals surface area contributed by atoms with E-state index in [1.54, 1.807) is 0 Å². The molecule has 0 bridgehead atoms. The third kappa shape index (κ3) is 3.56. The highest BCUT2D eigenvalue weighted by molar-refractivity contribution is 6.30. The second-order valence-electron chi connectivity index (χ2n) is 6.05. The van der Waals surface area contributed by atoms with Crippen LogP contribution in [0.2, 0.25) is 5.02 Å². The van der Waals surface area contributed by atoms with Gasteiger partial charge in [0.2, 0.25) is 0 Å². The molecule has 23 heavy (non-hydrogen) atoms. The molecule has 1 amide bonds. The number of carbonyl (C=O) groups is 1. The van der Waals surface area contributed by atoms with Crippen molar-refractivity contribution in [1.29, 1.82) is 0 Å². The smallest absolute Gasteiger partial charge is 0.254 e. The molecule has 0 spiro atoms. The Morgan fingerprint density at radius 2 is 1.87 bits per heavy atom. The summed E-state index contributed by atoms with van der Waals surface area (Å²) < 4.78 is 13.8. The van der Waals surface area contributed by atoms with Crippen molar-refractivity contribution in [3.8, 4) is 0 Å². The number of aryl methyl sites for hydroxylation is 2. The van der Waals surface area contributed by atoms with Crippen molar-refractivity contribution in [1.82, 2.24) is 5.32 Å². The zero-order chi connectivity index (χ0) is 16.4. The molecule has 120 valence electrons. The van der Waals surface area contributed by atoms with Crippen LogP contribution in [-0.2, 0) is 12.8 Å². The van der Waals surface area contributed by atoms with E-state index in [9.17, 15) is 9.18 Å². The molecular formula is C19H19ClFNO. The summed E-state index contributed by atoms with van der Waals surface area (Å²) in [5.74, 6) is -1.03. The second-order valence-corrected chi connectivity index (χ2v) is 6.49. The number of hydrogen-bond acceptors (Lipinski definition) is 1. The molecule has 0 saturated carbocycles. The fourth-order valence-corrected chi connectivity index (χ4v) is 3.21. The van der Waals surface area contributed by atoms with Crippen molar-refractivity contribution < 1.29 is 9.18 Å². The number of carbonyl (C=O) groups excluding carboxylic acids is 1. The number of halogens is 2. The maximum atomic E-state index is 13.8. The van der Waals surface area contributed by atoms with E-state index in [1.165, 1.54) is 36.1 Å². The van der Waals surface area contributed by atoms with Crippen molar-refractivity contribution in [3.63, 3.8) is 0 Å². The number of hydrogen-bond donors (Lipinski definition) is 1. The average Bonchev–Trinajstić information content (AvgIpc) is 2.54. The molecular weight excluding hydrogens is 313 g/mol.